The van der Waals surface area contributed by atoms with Crippen molar-refractivity contribution in [1.82, 2.24) is 10.2 Å². The van der Waals surface area contributed by atoms with E-state index < -0.39 is 0 Å². The maximum Gasteiger partial charge on any atom is 0.279 e. The summed E-state index contributed by atoms with van der Waals surface area (Å²) in [6, 6.07) is 14.6. The summed E-state index contributed by atoms with van der Waals surface area (Å²) in [4.78, 5) is 13.1. The van der Waals surface area contributed by atoms with Crippen molar-refractivity contribution < 1.29 is 14.1 Å². The summed E-state index contributed by atoms with van der Waals surface area (Å²) in [6.45, 7) is 0.619. The lowest BCUT2D eigenvalue weighted by atomic mass is 10.2. The number of aromatic nitrogens is 2. The molecule has 6 nitrogen and oxygen atoms in total. The molecule has 134 valence electrons. The largest absolute Gasteiger partial charge is 0.415 e. The van der Waals surface area contributed by atoms with Crippen LogP contribution in [0.2, 0.25) is 10.0 Å². The summed E-state index contributed by atoms with van der Waals surface area (Å²) in [5.74, 6) is 0.714. The molecule has 0 radical (unpaired) electrons. The van der Waals surface area contributed by atoms with Crippen molar-refractivity contribution in [2.45, 2.75) is 6.54 Å². The fourth-order valence-corrected chi connectivity index (χ4v) is 2.91. The van der Waals surface area contributed by atoms with Crippen LogP contribution in [0.4, 0.5) is 5.69 Å². The van der Waals surface area contributed by atoms with Crippen molar-refractivity contribution in [3.63, 3.8) is 0 Å². The molecule has 0 aliphatic rings. The minimum absolute atomic E-state index is 0.199. The van der Waals surface area contributed by atoms with E-state index in [0.29, 0.717) is 34.1 Å². The van der Waals surface area contributed by atoms with E-state index in [0.717, 1.165) is 10.5 Å². The molecule has 0 saturated carbocycles. The van der Waals surface area contributed by atoms with Gasteiger partial charge in [-0.15, -0.1) is 10.2 Å². The molecule has 1 heterocycles. The number of para-hydroxylation sites is 1. The van der Waals surface area contributed by atoms with Crippen LogP contribution in [0.1, 0.15) is 5.89 Å². The van der Waals surface area contributed by atoms with E-state index in [1.807, 2.05) is 37.4 Å². The SMILES string of the molecule is C[NH+](CC(=O)Nc1c(Cl)cccc1Cl)Cc1nnc(-c2ccccc2)o1. The molecule has 3 rings (SSSR count). The van der Waals surface area contributed by atoms with Gasteiger partial charge in [0.15, 0.2) is 13.1 Å². The third-order valence-corrected chi connectivity index (χ3v) is 4.26. The Labute approximate surface area is 160 Å². The fourth-order valence-electron chi connectivity index (χ4n) is 2.42. The van der Waals surface area contributed by atoms with Crippen molar-refractivity contribution in [1.29, 1.82) is 0 Å². The molecule has 1 unspecified atom stereocenters. The molecule has 1 aromatic heterocycles. The van der Waals surface area contributed by atoms with Gasteiger partial charge in [0.25, 0.3) is 11.8 Å². The summed E-state index contributed by atoms with van der Waals surface area (Å²) in [5.41, 5.74) is 1.27. The smallest absolute Gasteiger partial charge is 0.279 e. The Morgan fingerprint density at radius 3 is 2.46 bits per heavy atom. The van der Waals surface area contributed by atoms with Crippen LogP contribution in [0.3, 0.4) is 0 Å². The Bertz CT molecular complexity index is 879. The molecule has 0 bridgehead atoms. The summed E-state index contributed by atoms with van der Waals surface area (Å²) >= 11 is 12.1. The van der Waals surface area contributed by atoms with E-state index in [1.54, 1.807) is 18.2 Å². The van der Waals surface area contributed by atoms with Gasteiger partial charge in [-0.3, -0.25) is 4.79 Å². The summed E-state index contributed by atoms with van der Waals surface area (Å²) < 4.78 is 5.66. The highest BCUT2D eigenvalue weighted by molar-refractivity contribution is 6.39. The second-order valence-corrected chi connectivity index (χ2v) is 6.64. The second kappa shape index (κ2) is 8.31. The first kappa shape index (κ1) is 18.4. The molecule has 1 amide bonds. The molecule has 26 heavy (non-hydrogen) atoms. The third kappa shape index (κ3) is 4.60. The molecule has 0 fully saturated rings. The van der Waals surface area contributed by atoms with E-state index in [9.17, 15) is 4.79 Å². The molecular formula is C18H17Cl2N4O2+. The Kier molecular flexibility index (Phi) is 5.88. The van der Waals surface area contributed by atoms with Gasteiger partial charge in [0.2, 0.25) is 5.89 Å². The second-order valence-electron chi connectivity index (χ2n) is 5.82. The van der Waals surface area contributed by atoms with Crippen molar-refractivity contribution in [2.75, 3.05) is 18.9 Å². The highest BCUT2D eigenvalue weighted by Crippen LogP contribution is 2.29. The van der Waals surface area contributed by atoms with E-state index in [4.69, 9.17) is 27.6 Å². The van der Waals surface area contributed by atoms with Gasteiger partial charge >= 0.3 is 0 Å². The number of carbonyl (C=O) groups is 1. The maximum absolute atomic E-state index is 12.2. The van der Waals surface area contributed by atoms with Crippen LogP contribution in [0.15, 0.2) is 52.9 Å². The number of nitrogens with zero attached hydrogens (tertiary/aromatic N) is 2. The van der Waals surface area contributed by atoms with Crippen LogP contribution < -0.4 is 10.2 Å². The Balaban J connectivity index is 1.58. The molecule has 3 aromatic rings. The topological polar surface area (TPSA) is 72.5 Å². The van der Waals surface area contributed by atoms with Gasteiger partial charge < -0.3 is 14.6 Å². The van der Waals surface area contributed by atoms with Crippen molar-refractivity contribution in [3.05, 3.63) is 64.5 Å². The number of anilines is 1. The van der Waals surface area contributed by atoms with Crippen LogP contribution in [0, 0.1) is 0 Å². The Morgan fingerprint density at radius 1 is 1.08 bits per heavy atom. The molecule has 8 heteroatoms. The number of halogens is 2. The first-order valence-electron chi connectivity index (χ1n) is 7.96. The summed E-state index contributed by atoms with van der Waals surface area (Å²) in [5, 5.41) is 11.6. The zero-order valence-corrected chi connectivity index (χ0v) is 15.5. The first-order chi connectivity index (χ1) is 12.5. The number of rotatable bonds is 6. The minimum Gasteiger partial charge on any atom is -0.415 e. The van der Waals surface area contributed by atoms with Crippen molar-refractivity contribution >= 4 is 34.8 Å². The molecule has 0 saturated heterocycles. The van der Waals surface area contributed by atoms with Gasteiger partial charge in [0.1, 0.15) is 0 Å². The van der Waals surface area contributed by atoms with Crippen LogP contribution in [-0.2, 0) is 11.3 Å². The van der Waals surface area contributed by atoms with Gasteiger partial charge in [-0.2, -0.15) is 0 Å². The van der Waals surface area contributed by atoms with Gasteiger partial charge in [0, 0.05) is 5.56 Å². The third-order valence-electron chi connectivity index (χ3n) is 3.63. The van der Waals surface area contributed by atoms with E-state index >= 15 is 0 Å². The molecule has 1 atom stereocenters. The maximum atomic E-state index is 12.2. The lowest BCUT2D eigenvalue weighted by Gasteiger charge is -2.13. The predicted octanol–water partition coefficient (Wildman–Crippen LogP) is 2.70. The van der Waals surface area contributed by atoms with Crippen LogP contribution in [-0.4, -0.2) is 29.7 Å². The predicted molar refractivity (Wildman–Crippen MR) is 100 cm³/mol. The number of benzene rings is 2. The summed E-state index contributed by atoms with van der Waals surface area (Å²) in [7, 11) is 1.86. The Morgan fingerprint density at radius 2 is 1.77 bits per heavy atom. The summed E-state index contributed by atoms with van der Waals surface area (Å²) in [6.07, 6.45) is 0. The van der Waals surface area contributed by atoms with Crippen LogP contribution >= 0.6 is 23.2 Å². The standard InChI is InChI=1S/C18H16Cl2N4O2/c1-24(10-15(25)21-17-13(19)8-5-9-14(17)20)11-16-22-23-18(26-16)12-6-3-2-4-7-12/h2-9H,10-11H2,1H3,(H,21,25)/p+1. The van der Waals surface area contributed by atoms with Gasteiger partial charge in [0.05, 0.1) is 22.8 Å². The zero-order valence-electron chi connectivity index (χ0n) is 14.0. The van der Waals surface area contributed by atoms with Crippen molar-refractivity contribution in [2.24, 2.45) is 0 Å². The van der Waals surface area contributed by atoms with Gasteiger partial charge in [-0.25, -0.2) is 0 Å². The monoisotopic (exact) mass is 391 g/mol. The molecule has 0 aliphatic carbocycles. The fraction of sp³-hybridized carbons (Fsp3) is 0.167. The average molecular weight is 392 g/mol. The highest BCUT2D eigenvalue weighted by Gasteiger charge is 2.17. The first-order valence-corrected chi connectivity index (χ1v) is 8.71. The number of amides is 1. The van der Waals surface area contributed by atoms with Crippen LogP contribution in [0.5, 0.6) is 0 Å². The number of likely N-dealkylation sites (N-methyl/N-ethyl adjacent to an activating group) is 1. The van der Waals surface area contributed by atoms with E-state index in [2.05, 4.69) is 15.5 Å². The van der Waals surface area contributed by atoms with E-state index in [1.165, 1.54) is 0 Å². The molecule has 0 spiro atoms. The Hall–Kier alpha value is -2.41. The molecular weight excluding hydrogens is 375 g/mol. The number of hydrogen-bond acceptors (Lipinski definition) is 4. The lowest BCUT2D eigenvalue weighted by Crippen LogP contribution is -3.08. The van der Waals surface area contributed by atoms with Gasteiger partial charge in [-0.05, 0) is 24.3 Å². The molecule has 2 N–H and O–H groups in total. The van der Waals surface area contributed by atoms with E-state index in [-0.39, 0.29) is 12.5 Å². The zero-order chi connectivity index (χ0) is 18.5. The number of nitrogens with one attached hydrogen (secondary N) is 2. The van der Waals surface area contributed by atoms with Crippen molar-refractivity contribution in [3.8, 4) is 11.5 Å². The minimum atomic E-state index is -0.208. The molecule has 0 aliphatic heterocycles. The molecule has 2 aromatic carbocycles. The number of carbonyl (C=O) groups excluding carboxylic acids is 1. The quantitative estimate of drug-likeness (QED) is 0.677. The van der Waals surface area contributed by atoms with Gasteiger partial charge in [-0.1, -0.05) is 47.5 Å². The number of quaternary nitrogens is 1. The highest BCUT2D eigenvalue weighted by atomic mass is 35.5. The normalized spacial score (nSPS) is 12.0. The lowest BCUT2D eigenvalue weighted by molar-refractivity contribution is -0.886. The van der Waals surface area contributed by atoms with Crippen LogP contribution in [0.25, 0.3) is 11.5 Å². The average Bonchev–Trinajstić information content (AvgIpc) is 3.07. The number of hydrogen-bond donors (Lipinski definition) is 2.